The van der Waals surface area contributed by atoms with Crippen molar-refractivity contribution in [1.29, 1.82) is 0 Å². The second-order valence-electron chi connectivity index (χ2n) is 3.89. The number of hydrogen-bond acceptors (Lipinski definition) is 2. The van der Waals surface area contributed by atoms with Gasteiger partial charge in [0.15, 0.2) is 0 Å². The third-order valence-corrected chi connectivity index (χ3v) is 3.01. The van der Waals surface area contributed by atoms with Crippen molar-refractivity contribution in [2.24, 2.45) is 0 Å². The van der Waals surface area contributed by atoms with Gasteiger partial charge in [0.2, 0.25) is 5.91 Å². The number of amides is 1. The van der Waals surface area contributed by atoms with Crippen molar-refractivity contribution in [1.82, 2.24) is 0 Å². The van der Waals surface area contributed by atoms with Crippen LogP contribution in [0.2, 0.25) is 0 Å². The fraction of sp³-hybridized carbons (Fsp3) is 0.417. The first-order valence-electron chi connectivity index (χ1n) is 5.40. The molecule has 0 atom stereocenters. The number of anilines is 2. The van der Waals surface area contributed by atoms with E-state index in [9.17, 15) is 4.79 Å². The zero-order chi connectivity index (χ0) is 11.0. The lowest BCUT2D eigenvalue weighted by Gasteiger charge is -2.12. The van der Waals surface area contributed by atoms with Gasteiger partial charge in [-0.25, -0.2) is 0 Å². The fourth-order valence-corrected chi connectivity index (χ4v) is 2.14. The zero-order valence-electron chi connectivity index (χ0n) is 9.18. The molecule has 0 spiro atoms. The molecule has 1 heterocycles. The summed E-state index contributed by atoms with van der Waals surface area (Å²) in [6, 6.07) is 2.11. The summed E-state index contributed by atoms with van der Waals surface area (Å²) in [4.78, 5) is 11.4. The van der Waals surface area contributed by atoms with E-state index in [1.165, 1.54) is 5.56 Å². The Hall–Kier alpha value is -1.51. The van der Waals surface area contributed by atoms with Crippen molar-refractivity contribution in [3.8, 4) is 0 Å². The molecule has 80 valence electrons. The normalized spacial score (nSPS) is 13.9. The van der Waals surface area contributed by atoms with Crippen LogP contribution in [-0.4, -0.2) is 5.91 Å². The lowest BCUT2D eigenvalue weighted by Crippen LogP contribution is -2.04. The Balaban J connectivity index is 2.62. The van der Waals surface area contributed by atoms with Crippen molar-refractivity contribution in [2.75, 3.05) is 11.1 Å². The van der Waals surface area contributed by atoms with Gasteiger partial charge in [0, 0.05) is 16.9 Å². The molecule has 1 aliphatic heterocycles. The molecule has 0 bridgehead atoms. The van der Waals surface area contributed by atoms with Crippen molar-refractivity contribution in [3.05, 3.63) is 22.8 Å². The summed E-state index contributed by atoms with van der Waals surface area (Å²) in [6.07, 6.45) is 2.28. The summed E-state index contributed by atoms with van der Waals surface area (Å²) in [5.74, 6) is 0.0552. The van der Waals surface area contributed by atoms with Crippen LogP contribution in [-0.2, 0) is 24.1 Å². The van der Waals surface area contributed by atoms with E-state index in [1.807, 2.05) is 0 Å². The summed E-state index contributed by atoms with van der Waals surface area (Å²) in [6.45, 7) is 4.18. The van der Waals surface area contributed by atoms with E-state index in [2.05, 4.69) is 25.2 Å². The highest BCUT2D eigenvalue weighted by Gasteiger charge is 2.24. The van der Waals surface area contributed by atoms with Gasteiger partial charge >= 0.3 is 0 Å². The molecule has 3 heteroatoms. The molecule has 1 amide bonds. The molecular weight excluding hydrogens is 188 g/mol. The van der Waals surface area contributed by atoms with Crippen LogP contribution in [0.15, 0.2) is 6.07 Å². The van der Waals surface area contributed by atoms with Crippen LogP contribution in [0.4, 0.5) is 11.4 Å². The van der Waals surface area contributed by atoms with Gasteiger partial charge in [0.1, 0.15) is 0 Å². The number of nitrogens with two attached hydrogens (primary N) is 1. The molecule has 15 heavy (non-hydrogen) atoms. The fourth-order valence-electron chi connectivity index (χ4n) is 2.14. The highest BCUT2D eigenvalue weighted by molar-refractivity contribution is 6.02. The van der Waals surface area contributed by atoms with Gasteiger partial charge in [-0.2, -0.15) is 0 Å². The van der Waals surface area contributed by atoms with E-state index in [1.54, 1.807) is 0 Å². The Morgan fingerprint density at radius 1 is 1.33 bits per heavy atom. The number of nitrogens with one attached hydrogen (secondary N) is 1. The third kappa shape index (κ3) is 1.48. The molecule has 0 radical (unpaired) electrons. The maximum Gasteiger partial charge on any atom is 0.228 e. The van der Waals surface area contributed by atoms with Crippen molar-refractivity contribution in [3.63, 3.8) is 0 Å². The summed E-state index contributed by atoms with van der Waals surface area (Å²) in [5.41, 5.74) is 11.1. The summed E-state index contributed by atoms with van der Waals surface area (Å²) in [7, 11) is 0. The van der Waals surface area contributed by atoms with Crippen LogP contribution in [0.3, 0.4) is 0 Å². The first kappa shape index (κ1) is 10.0. The lowest BCUT2D eigenvalue weighted by molar-refractivity contribution is -0.115. The molecule has 0 saturated heterocycles. The van der Waals surface area contributed by atoms with Crippen molar-refractivity contribution in [2.45, 2.75) is 33.1 Å². The van der Waals surface area contributed by atoms with Gasteiger partial charge in [-0.1, -0.05) is 19.9 Å². The molecule has 0 fully saturated rings. The summed E-state index contributed by atoms with van der Waals surface area (Å²) in [5, 5.41) is 2.89. The van der Waals surface area contributed by atoms with Crippen LogP contribution >= 0.6 is 0 Å². The molecule has 1 aliphatic rings. The lowest BCUT2D eigenvalue weighted by atomic mass is 9.97. The van der Waals surface area contributed by atoms with Gasteiger partial charge in [-0.05, 0) is 24.0 Å². The molecule has 0 aliphatic carbocycles. The molecule has 0 aromatic heterocycles. The summed E-state index contributed by atoms with van der Waals surface area (Å²) < 4.78 is 0. The number of carbonyl (C=O) groups is 1. The smallest absolute Gasteiger partial charge is 0.228 e. The van der Waals surface area contributed by atoms with Gasteiger partial charge in [0.25, 0.3) is 0 Å². The largest absolute Gasteiger partial charge is 0.398 e. The Labute approximate surface area is 89.7 Å². The molecule has 1 aromatic rings. The van der Waals surface area contributed by atoms with E-state index in [0.29, 0.717) is 6.42 Å². The van der Waals surface area contributed by atoms with Gasteiger partial charge in [-0.15, -0.1) is 0 Å². The SMILES string of the molecule is CCc1cc(CC)c2c(c1N)CC(=O)N2. The van der Waals surface area contributed by atoms with Crippen molar-refractivity contribution >= 4 is 17.3 Å². The number of hydrogen-bond donors (Lipinski definition) is 2. The molecule has 1 aromatic carbocycles. The predicted octanol–water partition coefficient (Wildman–Crippen LogP) is 1.89. The van der Waals surface area contributed by atoms with Gasteiger partial charge < -0.3 is 11.1 Å². The van der Waals surface area contributed by atoms with E-state index in [4.69, 9.17) is 5.73 Å². The minimum absolute atomic E-state index is 0.0552. The number of benzene rings is 1. The van der Waals surface area contributed by atoms with Gasteiger partial charge in [-0.3, -0.25) is 4.79 Å². The quantitative estimate of drug-likeness (QED) is 0.723. The molecule has 0 saturated carbocycles. The van der Waals surface area contributed by atoms with E-state index in [-0.39, 0.29) is 5.91 Å². The third-order valence-electron chi connectivity index (χ3n) is 3.01. The molecule has 2 rings (SSSR count). The number of nitrogen functional groups attached to an aromatic ring is 1. The second kappa shape index (κ2) is 3.57. The average molecular weight is 204 g/mol. The van der Waals surface area contributed by atoms with Crippen LogP contribution in [0.5, 0.6) is 0 Å². The van der Waals surface area contributed by atoms with E-state index < -0.39 is 0 Å². The molecular formula is C12H16N2O. The second-order valence-corrected chi connectivity index (χ2v) is 3.89. The highest BCUT2D eigenvalue weighted by Crippen LogP contribution is 2.35. The Morgan fingerprint density at radius 3 is 2.60 bits per heavy atom. The number of aryl methyl sites for hydroxylation is 2. The maximum atomic E-state index is 11.4. The summed E-state index contributed by atoms with van der Waals surface area (Å²) >= 11 is 0. The standard InChI is InChI=1S/C12H16N2O/c1-3-7-5-8(4-2)12-9(11(7)13)6-10(15)14-12/h5H,3-4,6,13H2,1-2H3,(H,14,15). The predicted molar refractivity (Wildman–Crippen MR) is 61.9 cm³/mol. The van der Waals surface area contributed by atoms with Crippen LogP contribution < -0.4 is 11.1 Å². The number of fused-ring (bicyclic) bond motifs is 1. The van der Waals surface area contributed by atoms with Crippen LogP contribution in [0.1, 0.15) is 30.5 Å². The highest BCUT2D eigenvalue weighted by atomic mass is 16.1. The average Bonchev–Trinajstić information content (AvgIpc) is 2.61. The monoisotopic (exact) mass is 204 g/mol. The van der Waals surface area contributed by atoms with Crippen LogP contribution in [0, 0.1) is 0 Å². The minimum Gasteiger partial charge on any atom is -0.398 e. The molecule has 3 nitrogen and oxygen atoms in total. The molecule has 3 N–H and O–H groups in total. The Bertz CT molecular complexity index is 424. The first-order valence-corrected chi connectivity index (χ1v) is 5.40. The first-order chi connectivity index (χ1) is 7.17. The topological polar surface area (TPSA) is 55.1 Å². The number of rotatable bonds is 2. The Morgan fingerprint density at radius 2 is 2.00 bits per heavy atom. The zero-order valence-corrected chi connectivity index (χ0v) is 9.18. The van der Waals surface area contributed by atoms with Crippen LogP contribution in [0.25, 0.3) is 0 Å². The van der Waals surface area contributed by atoms with Gasteiger partial charge in [0.05, 0.1) is 6.42 Å². The Kier molecular flexibility index (Phi) is 2.39. The number of carbonyl (C=O) groups excluding carboxylic acids is 1. The van der Waals surface area contributed by atoms with E-state index >= 15 is 0 Å². The minimum atomic E-state index is 0.0552. The van der Waals surface area contributed by atoms with E-state index in [0.717, 1.165) is 35.3 Å². The van der Waals surface area contributed by atoms with Crippen molar-refractivity contribution < 1.29 is 4.79 Å². The maximum absolute atomic E-state index is 11.4. The molecule has 0 unspecified atom stereocenters.